The van der Waals surface area contributed by atoms with Crippen LogP contribution in [0.4, 0.5) is 0 Å². The molecule has 4 aromatic rings. The number of rotatable bonds is 6. The molecule has 0 aromatic heterocycles. The van der Waals surface area contributed by atoms with Gasteiger partial charge in [-0.1, -0.05) is 140 Å². The summed E-state index contributed by atoms with van der Waals surface area (Å²) in [7, 11) is 0. The topological polar surface area (TPSA) is 40.5 Å². The Hall–Kier alpha value is -3.52. The van der Waals surface area contributed by atoms with Crippen molar-refractivity contribution in [2.24, 2.45) is 0 Å². The number of hydrogen-bond acceptors (Lipinski definition) is 2. The standard InChI is InChI=1S/C52H74O2/c1-30-21-35(27-43(46(30)53)50(12,13)14)22-38-31(2)39(23-36-25-41(48(6,7)8)34(5)42(26-36)49(9,10)11)33(4)40(32(38)3)24-37-28-44(51(15,16)17)47(54)45(29-37)52(18,19)20/h21,25-29,53-54H,22-24H2,1-20H3. The molecule has 294 valence electrons. The predicted octanol–water partition coefficient (Wildman–Crippen LogP) is 13.9. The molecule has 2 N–H and O–H groups in total. The molecule has 0 unspecified atom stereocenters. The molecular weight excluding hydrogens is 657 g/mol. The molecule has 0 saturated carbocycles. The van der Waals surface area contributed by atoms with Crippen molar-refractivity contribution in [3.05, 3.63) is 125 Å². The Morgan fingerprint density at radius 3 is 0.852 bits per heavy atom. The molecule has 0 radical (unpaired) electrons. The van der Waals surface area contributed by atoms with Crippen LogP contribution in [0, 0.1) is 34.6 Å². The minimum atomic E-state index is -0.198. The van der Waals surface area contributed by atoms with Gasteiger partial charge >= 0.3 is 0 Å². The van der Waals surface area contributed by atoms with Gasteiger partial charge in [-0.05, 0) is 170 Å². The Balaban J connectivity index is 2.06. The monoisotopic (exact) mass is 731 g/mol. The van der Waals surface area contributed by atoms with E-state index in [1.54, 1.807) is 0 Å². The molecule has 0 aliphatic carbocycles. The summed E-state index contributed by atoms with van der Waals surface area (Å²) in [5, 5.41) is 22.7. The summed E-state index contributed by atoms with van der Waals surface area (Å²) in [4.78, 5) is 0. The number of phenolic OH excluding ortho intramolecular Hbond substituents is 2. The highest BCUT2D eigenvalue weighted by atomic mass is 16.3. The average Bonchev–Trinajstić information content (AvgIpc) is 2.99. The molecule has 2 nitrogen and oxygen atoms in total. The summed E-state index contributed by atoms with van der Waals surface area (Å²) in [5.74, 6) is 0.837. The maximum atomic E-state index is 11.6. The largest absolute Gasteiger partial charge is 0.507 e. The van der Waals surface area contributed by atoms with E-state index in [4.69, 9.17) is 0 Å². The van der Waals surface area contributed by atoms with Crippen molar-refractivity contribution in [3.63, 3.8) is 0 Å². The average molecular weight is 731 g/mol. The van der Waals surface area contributed by atoms with Gasteiger partial charge in [-0.25, -0.2) is 0 Å². The molecule has 4 aromatic carbocycles. The summed E-state index contributed by atoms with van der Waals surface area (Å²) < 4.78 is 0. The fraction of sp³-hybridized carbons (Fsp3) is 0.538. The van der Waals surface area contributed by atoms with Gasteiger partial charge in [0, 0.05) is 0 Å². The molecule has 54 heavy (non-hydrogen) atoms. The Morgan fingerprint density at radius 1 is 0.333 bits per heavy atom. The van der Waals surface area contributed by atoms with E-state index in [-0.39, 0.29) is 27.1 Å². The van der Waals surface area contributed by atoms with Crippen LogP contribution in [0.3, 0.4) is 0 Å². The van der Waals surface area contributed by atoms with Crippen LogP contribution < -0.4 is 0 Å². The van der Waals surface area contributed by atoms with Crippen molar-refractivity contribution in [2.75, 3.05) is 0 Å². The van der Waals surface area contributed by atoms with E-state index in [1.165, 1.54) is 66.8 Å². The van der Waals surface area contributed by atoms with E-state index in [0.29, 0.717) is 11.5 Å². The second-order valence-electron chi connectivity index (χ2n) is 21.8. The van der Waals surface area contributed by atoms with Gasteiger partial charge in [0.25, 0.3) is 0 Å². The minimum Gasteiger partial charge on any atom is -0.507 e. The Morgan fingerprint density at radius 2 is 0.574 bits per heavy atom. The van der Waals surface area contributed by atoms with Crippen LogP contribution >= 0.6 is 0 Å². The second kappa shape index (κ2) is 14.5. The first-order chi connectivity index (χ1) is 24.3. The van der Waals surface area contributed by atoms with Crippen LogP contribution in [0.25, 0.3) is 0 Å². The summed E-state index contributed by atoms with van der Waals surface area (Å²) in [5.41, 5.74) is 19.8. The van der Waals surface area contributed by atoms with Gasteiger partial charge in [0.1, 0.15) is 11.5 Å². The summed E-state index contributed by atoms with van der Waals surface area (Å²) in [6.07, 6.45) is 2.45. The summed E-state index contributed by atoms with van der Waals surface area (Å²) in [6.45, 7) is 45.1. The van der Waals surface area contributed by atoms with Crippen molar-refractivity contribution < 1.29 is 10.2 Å². The van der Waals surface area contributed by atoms with Crippen molar-refractivity contribution in [1.82, 2.24) is 0 Å². The van der Waals surface area contributed by atoms with Gasteiger partial charge in [-0.15, -0.1) is 0 Å². The molecule has 4 rings (SSSR count). The maximum absolute atomic E-state index is 11.6. The smallest absolute Gasteiger partial charge is 0.123 e. The van der Waals surface area contributed by atoms with Crippen LogP contribution in [0.1, 0.15) is 193 Å². The number of aryl methyl sites for hydroxylation is 1. The number of hydrogen-bond donors (Lipinski definition) is 2. The lowest BCUT2D eigenvalue weighted by atomic mass is 9.74. The maximum Gasteiger partial charge on any atom is 0.123 e. The summed E-state index contributed by atoms with van der Waals surface area (Å²) >= 11 is 0. The highest BCUT2D eigenvalue weighted by Gasteiger charge is 2.29. The van der Waals surface area contributed by atoms with Crippen molar-refractivity contribution in [3.8, 4) is 11.5 Å². The lowest BCUT2D eigenvalue weighted by Gasteiger charge is -2.30. The molecule has 0 aliphatic rings. The van der Waals surface area contributed by atoms with E-state index in [2.05, 4.69) is 168 Å². The molecule has 0 bridgehead atoms. The lowest BCUT2D eigenvalue weighted by Crippen LogP contribution is -2.20. The number of aromatic hydroxyl groups is 2. The van der Waals surface area contributed by atoms with Crippen LogP contribution in [0.2, 0.25) is 0 Å². The first kappa shape index (κ1) is 43.2. The van der Waals surface area contributed by atoms with E-state index < -0.39 is 0 Å². The third-order valence-electron chi connectivity index (χ3n) is 11.9. The third-order valence-corrected chi connectivity index (χ3v) is 11.9. The molecule has 0 heterocycles. The van der Waals surface area contributed by atoms with Gasteiger partial charge in [0.05, 0.1) is 0 Å². The highest BCUT2D eigenvalue weighted by Crippen LogP contribution is 2.42. The first-order valence-electron chi connectivity index (χ1n) is 20.3. The van der Waals surface area contributed by atoms with Gasteiger partial charge in [-0.2, -0.15) is 0 Å². The van der Waals surface area contributed by atoms with Gasteiger partial charge in [-0.3, -0.25) is 0 Å². The number of benzene rings is 4. The van der Waals surface area contributed by atoms with Crippen molar-refractivity contribution in [2.45, 2.75) is 185 Å². The predicted molar refractivity (Wildman–Crippen MR) is 235 cm³/mol. The Kier molecular flexibility index (Phi) is 11.6. The van der Waals surface area contributed by atoms with Crippen LogP contribution in [-0.2, 0) is 46.3 Å². The second-order valence-corrected chi connectivity index (χ2v) is 21.8. The molecule has 0 aliphatic heterocycles. The normalized spacial score (nSPS) is 13.2. The van der Waals surface area contributed by atoms with Crippen molar-refractivity contribution in [1.29, 1.82) is 0 Å². The zero-order valence-corrected chi connectivity index (χ0v) is 38.0. The van der Waals surface area contributed by atoms with Crippen LogP contribution in [0.5, 0.6) is 11.5 Å². The van der Waals surface area contributed by atoms with E-state index in [1.807, 2.05) is 6.92 Å². The molecule has 0 fully saturated rings. The van der Waals surface area contributed by atoms with Crippen LogP contribution in [0.15, 0.2) is 36.4 Å². The first-order valence-corrected chi connectivity index (χ1v) is 20.3. The molecule has 0 atom stereocenters. The zero-order chi connectivity index (χ0) is 41.3. The molecule has 0 saturated heterocycles. The van der Waals surface area contributed by atoms with Crippen molar-refractivity contribution >= 4 is 0 Å². The van der Waals surface area contributed by atoms with E-state index in [9.17, 15) is 10.2 Å². The fourth-order valence-electron chi connectivity index (χ4n) is 8.70. The van der Waals surface area contributed by atoms with Gasteiger partial charge in [0.15, 0.2) is 0 Å². The molecule has 2 heteroatoms. The number of phenols is 2. The zero-order valence-electron chi connectivity index (χ0n) is 38.0. The quantitative estimate of drug-likeness (QED) is 0.207. The third kappa shape index (κ3) is 8.95. The Labute approximate surface area is 330 Å². The molecule has 0 spiro atoms. The highest BCUT2D eigenvalue weighted by molar-refractivity contribution is 5.58. The van der Waals surface area contributed by atoms with Gasteiger partial charge < -0.3 is 10.2 Å². The van der Waals surface area contributed by atoms with E-state index in [0.717, 1.165) is 41.5 Å². The minimum absolute atomic E-state index is 0.0314. The Bertz CT molecular complexity index is 1870. The molecular formula is C52H74O2. The SMILES string of the molecule is Cc1cc(Cc2c(C)c(Cc3cc(C(C)(C)C)c(C)c(C(C)(C)C)c3)c(C)c(Cc3cc(C(C)(C)C)c(O)c(C(C)(C)C)c3)c2C)cc(C(C)(C)C)c1O. The van der Waals surface area contributed by atoms with E-state index >= 15 is 0 Å². The summed E-state index contributed by atoms with van der Waals surface area (Å²) in [6, 6.07) is 13.9. The molecule has 0 amide bonds. The lowest BCUT2D eigenvalue weighted by molar-refractivity contribution is 0.422. The fourth-order valence-corrected chi connectivity index (χ4v) is 8.70. The van der Waals surface area contributed by atoms with Crippen LogP contribution in [-0.4, -0.2) is 10.2 Å². The van der Waals surface area contributed by atoms with Gasteiger partial charge in [0.2, 0.25) is 0 Å².